The van der Waals surface area contributed by atoms with Gasteiger partial charge in [0.25, 0.3) is 0 Å². The van der Waals surface area contributed by atoms with Crippen LogP contribution in [0.3, 0.4) is 0 Å². The Balaban J connectivity index is 1.06. The first-order valence-corrected chi connectivity index (χ1v) is 21.2. The first kappa shape index (κ1) is 35.7. The zero-order valence-corrected chi connectivity index (χ0v) is 33.9. The van der Waals surface area contributed by atoms with Crippen molar-refractivity contribution >= 4 is 71.3 Å². The highest BCUT2D eigenvalue weighted by atomic mass is 16.3. The molecule has 0 aliphatic heterocycles. The molecule has 0 atom stereocenters. The molecule has 0 fully saturated rings. The van der Waals surface area contributed by atoms with Gasteiger partial charge in [0.05, 0.1) is 5.69 Å². The first-order valence-electron chi connectivity index (χ1n) is 21.2. The SMILES string of the molecule is c1ccc(-c2ccc(N(c3ccc(-c4cccc5c4ccc4ccccc45)cc3)c3ccccc3-c3cccc4c3oc3cc5ccccc5cc34)cc2-c2ccccc2)cc1. The number of rotatable bonds is 7. The molecule has 0 bridgehead atoms. The summed E-state index contributed by atoms with van der Waals surface area (Å²) in [6, 6.07) is 85.4. The molecule has 0 amide bonds. The molecule has 0 N–H and O–H groups in total. The molecule has 290 valence electrons. The molecule has 0 aliphatic carbocycles. The normalized spacial score (nSPS) is 11.5. The Bertz CT molecular complexity index is 3620. The van der Waals surface area contributed by atoms with Gasteiger partial charge >= 0.3 is 0 Å². The number of fused-ring (bicyclic) bond motifs is 7. The summed E-state index contributed by atoms with van der Waals surface area (Å²) in [6.45, 7) is 0. The minimum absolute atomic E-state index is 0.883. The van der Waals surface area contributed by atoms with Crippen molar-refractivity contribution in [3.05, 3.63) is 237 Å². The number of furan rings is 1. The van der Waals surface area contributed by atoms with Gasteiger partial charge in [0.15, 0.2) is 0 Å². The molecule has 12 aromatic rings. The van der Waals surface area contributed by atoms with Crippen LogP contribution in [0.1, 0.15) is 0 Å². The monoisotopic (exact) mass is 789 g/mol. The molecular formula is C60H39NO. The lowest BCUT2D eigenvalue weighted by Crippen LogP contribution is -2.11. The average Bonchev–Trinajstić information content (AvgIpc) is 3.71. The number of para-hydroxylation sites is 2. The van der Waals surface area contributed by atoms with E-state index in [1.54, 1.807) is 0 Å². The summed E-state index contributed by atoms with van der Waals surface area (Å²) >= 11 is 0. The Morgan fingerprint density at radius 1 is 0.274 bits per heavy atom. The maximum absolute atomic E-state index is 6.84. The minimum atomic E-state index is 0.883. The molecule has 0 spiro atoms. The van der Waals surface area contributed by atoms with Crippen LogP contribution in [0.4, 0.5) is 17.1 Å². The second-order valence-corrected chi connectivity index (χ2v) is 16.0. The number of hydrogen-bond acceptors (Lipinski definition) is 2. The first-order chi connectivity index (χ1) is 30.7. The molecule has 62 heavy (non-hydrogen) atoms. The van der Waals surface area contributed by atoms with E-state index in [-0.39, 0.29) is 0 Å². The third-order valence-electron chi connectivity index (χ3n) is 12.5. The number of benzene rings is 11. The van der Waals surface area contributed by atoms with Crippen LogP contribution in [0.25, 0.3) is 98.8 Å². The van der Waals surface area contributed by atoms with Crippen molar-refractivity contribution in [2.75, 3.05) is 4.90 Å². The van der Waals surface area contributed by atoms with E-state index in [0.717, 1.165) is 50.1 Å². The highest BCUT2D eigenvalue weighted by Crippen LogP contribution is 2.47. The summed E-state index contributed by atoms with van der Waals surface area (Å²) in [6.07, 6.45) is 0. The van der Waals surface area contributed by atoms with Gasteiger partial charge in [-0.05, 0) is 108 Å². The summed E-state index contributed by atoms with van der Waals surface area (Å²) in [7, 11) is 0. The molecule has 0 aliphatic rings. The van der Waals surface area contributed by atoms with Gasteiger partial charge in [-0.15, -0.1) is 0 Å². The molecule has 0 radical (unpaired) electrons. The smallest absolute Gasteiger partial charge is 0.143 e. The van der Waals surface area contributed by atoms with Crippen LogP contribution in [-0.2, 0) is 0 Å². The zero-order chi connectivity index (χ0) is 41.0. The van der Waals surface area contributed by atoms with Gasteiger partial charge in [-0.2, -0.15) is 0 Å². The van der Waals surface area contributed by atoms with Gasteiger partial charge in [-0.1, -0.05) is 194 Å². The number of nitrogens with zero attached hydrogens (tertiary/aromatic N) is 1. The Labute approximate surface area is 360 Å². The lowest BCUT2D eigenvalue weighted by Gasteiger charge is -2.29. The van der Waals surface area contributed by atoms with Crippen LogP contribution in [0, 0.1) is 0 Å². The predicted octanol–water partition coefficient (Wildman–Crippen LogP) is 17.2. The maximum atomic E-state index is 6.84. The predicted molar refractivity (Wildman–Crippen MR) is 263 cm³/mol. The Hall–Kier alpha value is -8.20. The van der Waals surface area contributed by atoms with Crippen molar-refractivity contribution in [3.8, 4) is 44.5 Å². The van der Waals surface area contributed by atoms with E-state index in [9.17, 15) is 0 Å². The highest BCUT2D eigenvalue weighted by molar-refractivity contribution is 6.15. The molecular weight excluding hydrogens is 751 g/mol. The molecule has 12 rings (SSSR count). The Morgan fingerprint density at radius 2 is 0.855 bits per heavy atom. The van der Waals surface area contributed by atoms with Crippen molar-refractivity contribution in [1.82, 2.24) is 0 Å². The summed E-state index contributed by atoms with van der Waals surface area (Å²) in [5.74, 6) is 0. The van der Waals surface area contributed by atoms with Crippen LogP contribution in [0.2, 0.25) is 0 Å². The Morgan fingerprint density at radius 3 is 1.65 bits per heavy atom. The molecule has 0 saturated heterocycles. The van der Waals surface area contributed by atoms with Crippen molar-refractivity contribution < 1.29 is 4.42 Å². The fourth-order valence-electron chi connectivity index (χ4n) is 9.50. The second kappa shape index (κ2) is 14.8. The molecule has 2 heteroatoms. The maximum Gasteiger partial charge on any atom is 0.143 e. The van der Waals surface area contributed by atoms with E-state index < -0.39 is 0 Å². The average molecular weight is 790 g/mol. The zero-order valence-electron chi connectivity index (χ0n) is 33.9. The van der Waals surface area contributed by atoms with E-state index >= 15 is 0 Å². The van der Waals surface area contributed by atoms with E-state index in [0.29, 0.717) is 0 Å². The summed E-state index contributed by atoms with van der Waals surface area (Å²) in [4.78, 5) is 2.41. The van der Waals surface area contributed by atoms with Crippen molar-refractivity contribution in [3.63, 3.8) is 0 Å². The van der Waals surface area contributed by atoms with Gasteiger partial charge < -0.3 is 9.32 Å². The van der Waals surface area contributed by atoms with Crippen molar-refractivity contribution in [2.45, 2.75) is 0 Å². The van der Waals surface area contributed by atoms with Crippen molar-refractivity contribution in [2.24, 2.45) is 0 Å². The van der Waals surface area contributed by atoms with Crippen LogP contribution in [-0.4, -0.2) is 0 Å². The second-order valence-electron chi connectivity index (χ2n) is 16.0. The lowest BCUT2D eigenvalue weighted by molar-refractivity contribution is 0.670. The third kappa shape index (κ3) is 6.04. The lowest BCUT2D eigenvalue weighted by atomic mass is 9.93. The topological polar surface area (TPSA) is 16.4 Å². The summed E-state index contributed by atoms with van der Waals surface area (Å²) < 4.78 is 6.84. The highest BCUT2D eigenvalue weighted by Gasteiger charge is 2.22. The van der Waals surface area contributed by atoms with E-state index in [4.69, 9.17) is 4.42 Å². The quantitative estimate of drug-likeness (QED) is 0.150. The summed E-state index contributed by atoms with van der Waals surface area (Å²) in [5.41, 5.74) is 14.2. The van der Waals surface area contributed by atoms with E-state index in [2.05, 4.69) is 241 Å². The third-order valence-corrected chi connectivity index (χ3v) is 12.5. The number of anilines is 3. The van der Waals surface area contributed by atoms with Gasteiger partial charge in [0, 0.05) is 33.3 Å². The number of hydrogen-bond donors (Lipinski definition) is 0. The van der Waals surface area contributed by atoms with Gasteiger partial charge in [0.2, 0.25) is 0 Å². The largest absolute Gasteiger partial charge is 0.455 e. The van der Waals surface area contributed by atoms with Gasteiger partial charge in [-0.25, -0.2) is 0 Å². The molecule has 0 saturated carbocycles. The fourth-order valence-corrected chi connectivity index (χ4v) is 9.50. The van der Waals surface area contributed by atoms with Crippen LogP contribution in [0.15, 0.2) is 241 Å². The van der Waals surface area contributed by atoms with E-state index in [1.807, 2.05) is 0 Å². The van der Waals surface area contributed by atoms with E-state index in [1.165, 1.54) is 65.7 Å². The summed E-state index contributed by atoms with van der Waals surface area (Å²) in [5, 5.41) is 9.63. The standard InChI is InChI=1S/C60H39NO/c1-3-15-40(16-4-1)50-36-34-47(39-56(50)41-17-5-2-6-18-41)61(46-32-29-43(30-33-46)49-24-13-25-51-48-22-10-9-19-42(48)31-35-52(49)51)58-28-12-11-23-53(58)54-26-14-27-55-57-37-44-20-7-8-21-45(44)38-59(57)62-60(54)55/h1-39H. The van der Waals surface area contributed by atoms with Crippen molar-refractivity contribution in [1.29, 1.82) is 0 Å². The molecule has 11 aromatic carbocycles. The van der Waals surface area contributed by atoms with Crippen LogP contribution >= 0.6 is 0 Å². The van der Waals surface area contributed by atoms with Crippen LogP contribution < -0.4 is 4.90 Å². The molecule has 0 unspecified atom stereocenters. The Kier molecular flexibility index (Phi) is 8.53. The molecule has 2 nitrogen and oxygen atoms in total. The fraction of sp³-hybridized carbons (Fsp3) is 0. The molecule has 1 heterocycles. The minimum Gasteiger partial charge on any atom is -0.455 e. The molecule has 1 aromatic heterocycles. The van der Waals surface area contributed by atoms with Gasteiger partial charge in [-0.3, -0.25) is 0 Å². The van der Waals surface area contributed by atoms with Gasteiger partial charge in [0.1, 0.15) is 11.2 Å². The van der Waals surface area contributed by atoms with Crippen LogP contribution in [0.5, 0.6) is 0 Å².